The van der Waals surface area contributed by atoms with Gasteiger partial charge in [0.25, 0.3) is 5.91 Å². The number of carbonyl (C=O) groups is 3. The molecule has 1 aromatic heterocycles. The number of pyridine rings is 1. The number of nitrogens with one attached hydrogen (secondary N) is 2. The Bertz CT molecular complexity index is 1330. The number of carbonyl (C=O) groups excluding carboxylic acids is 3. The van der Waals surface area contributed by atoms with Gasteiger partial charge < -0.3 is 21.1 Å². The van der Waals surface area contributed by atoms with E-state index in [4.69, 9.17) is 21.6 Å². The molecule has 3 atom stereocenters. The normalized spacial score (nSPS) is 25.4. The molecule has 0 saturated carbocycles. The number of nitrogens with two attached hydrogens (primary N) is 2. The minimum Gasteiger partial charge on any atom is -0.397 e. The fourth-order valence-electron chi connectivity index (χ4n) is 5.98. The van der Waals surface area contributed by atoms with Gasteiger partial charge >= 0.3 is 0 Å². The lowest BCUT2D eigenvalue weighted by Crippen LogP contribution is -2.52. The largest absolute Gasteiger partial charge is 0.397 e. The molecule has 11 nitrogen and oxygen atoms in total. The van der Waals surface area contributed by atoms with Crippen molar-refractivity contribution in [3.05, 3.63) is 46.6 Å². The molecule has 6 rings (SSSR count). The van der Waals surface area contributed by atoms with Crippen molar-refractivity contribution in [2.45, 2.75) is 32.0 Å². The van der Waals surface area contributed by atoms with E-state index >= 15 is 0 Å². The number of benzene rings is 1. The van der Waals surface area contributed by atoms with Gasteiger partial charge in [0.2, 0.25) is 11.8 Å². The van der Waals surface area contributed by atoms with Crippen LogP contribution in [0.4, 0.5) is 5.69 Å². The number of nitrogen functional groups attached to an aromatic ring is 2. The van der Waals surface area contributed by atoms with Gasteiger partial charge in [-0.25, -0.2) is 4.98 Å². The fourth-order valence-corrected chi connectivity index (χ4v) is 5.98. The van der Waals surface area contributed by atoms with E-state index in [0.717, 1.165) is 43.0 Å². The summed E-state index contributed by atoms with van der Waals surface area (Å²) in [5.41, 5.74) is 16.5. The number of likely N-dealkylation sites (tertiary alicyclic amines) is 1. The quantitative estimate of drug-likeness (QED) is 0.259. The molecule has 3 saturated heterocycles. The van der Waals surface area contributed by atoms with Gasteiger partial charge in [0.15, 0.2) is 0 Å². The number of rotatable bonds is 5. The highest BCUT2D eigenvalue weighted by molar-refractivity contribution is 6.05. The Morgan fingerprint density at radius 1 is 1.16 bits per heavy atom. The van der Waals surface area contributed by atoms with Crippen LogP contribution in [0.25, 0.3) is 11.3 Å². The van der Waals surface area contributed by atoms with Gasteiger partial charge in [0, 0.05) is 55.6 Å². The van der Waals surface area contributed by atoms with Gasteiger partial charge in [0.1, 0.15) is 17.6 Å². The van der Waals surface area contributed by atoms with E-state index in [9.17, 15) is 14.4 Å². The lowest BCUT2D eigenvalue weighted by molar-refractivity contribution is -0.136. The molecule has 4 aliphatic rings. The van der Waals surface area contributed by atoms with Crippen LogP contribution in [0.2, 0.25) is 0 Å². The molecule has 3 amide bonds. The predicted molar refractivity (Wildman–Crippen MR) is 134 cm³/mol. The topological polar surface area (TPSA) is 168 Å². The molecule has 5 heterocycles. The van der Waals surface area contributed by atoms with Crippen LogP contribution in [0.3, 0.4) is 0 Å². The monoisotopic (exact) mass is 503 g/mol. The number of amidine groups is 1. The highest BCUT2D eigenvalue weighted by atomic mass is 16.5. The van der Waals surface area contributed by atoms with Crippen molar-refractivity contribution in [1.29, 1.82) is 5.41 Å². The average molecular weight is 504 g/mol. The van der Waals surface area contributed by atoms with Gasteiger partial charge in [-0.05, 0) is 35.7 Å². The summed E-state index contributed by atoms with van der Waals surface area (Å²) >= 11 is 0. The molecule has 3 fully saturated rings. The smallest absolute Gasteiger partial charge is 0.255 e. The zero-order valence-electron chi connectivity index (χ0n) is 20.3. The van der Waals surface area contributed by atoms with Crippen molar-refractivity contribution in [2.75, 3.05) is 32.0 Å². The van der Waals surface area contributed by atoms with E-state index in [1.807, 2.05) is 18.2 Å². The third kappa shape index (κ3) is 4.13. The predicted octanol–water partition coefficient (Wildman–Crippen LogP) is 0.454. The number of aromatic nitrogens is 1. The Morgan fingerprint density at radius 3 is 2.62 bits per heavy atom. The van der Waals surface area contributed by atoms with Crippen LogP contribution in [0.15, 0.2) is 24.3 Å². The van der Waals surface area contributed by atoms with Crippen molar-refractivity contribution in [2.24, 2.45) is 17.6 Å². The minimum absolute atomic E-state index is 0.201. The van der Waals surface area contributed by atoms with Crippen LogP contribution in [0.5, 0.6) is 0 Å². The van der Waals surface area contributed by atoms with Gasteiger partial charge in [-0.1, -0.05) is 6.07 Å². The van der Waals surface area contributed by atoms with Crippen molar-refractivity contribution >= 4 is 29.2 Å². The summed E-state index contributed by atoms with van der Waals surface area (Å²) in [5.74, 6) is -0.105. The SMILES string of the molecule is N=C(N)c1nc(-c2ccc3c(c2)CN(C2CCC(=O)NC2=O)C3=O)cc(CN2CC3COCC3C2)c1N. The first-order chi connectivity index (χ1) is 17.8. The average Bonchev–Trinajstić information content (AvgIpc) is 3.54. The molecular formula is C26H29N7O4. The van der Waals surface area contributed by atoms with Crippen LogP contribution in [0.1, 0.15) is 40.0 Å². The van der Waals surface area contributed by atoms with Gasteiger partial charge in [0.05, 0.1) is 24.6 Å². The molecule has 1 aromatic carbocycles. The summed E-state index contributed by atoms with van der Waals surface area (Å²) < 4.78 is 5.59. The zero-order valence-corrected chi connectivity index (χ0v) is 20.3. The number of hydrogen-bond acceptors (Lipinski definition) is 8. The van der Waals surface area contributed by atoms with Gasteiger partial charge in [-0.2, -0.15) is 0 Å². The lowest BCUT2D eigenvalue weighted by atomic mass is 10.0. The molecular weight excluding hydrogens is 474 g/mol. The number of piperidine rings is 1. The maximum atomic E-state index is 13.1. The molecule has 6 N–H and O–H groups in total. The molecule has 37 heavy (non-hydrogen) atoms. The summed E-state index contributed by atoms with van der Waals surface area (Å²) in [5, 5.41) is 10.4. The first-order valence-electron chi connectivity index (χ1n) is 12.5. The summed E-state index contributed by atoms with van der Waals surface area (Å²) in [6.07, 6.45) is 0.520. The van der Waals surface area contributed by atoms with E-state index < -0.39 is 11.9 Å². The molecule has 4 aliphatic heterocycles. The van der Waals surface area contributed by atoms with E-state index in [1.165, 1.54) is 4.90 Å². The minimum atomic E-state index is -0.669. The standard InChI is InChI=1S/C26H29N7O4/c27-22-15(7-32-8-16-11-37-12-17(16)9-32)6-19(30-23(22)24(28)29)13-1-2-18-14(5-13)10-33(26(18)36)20-3-4-21(34)31-25(20)35/h1-2,5-6,16-17,20H,3-4,7-12,27H2,(H3,28,29)(H,31,34,35). The third-order valence-electron chi connectivity index (χ3n) is 7.93. The molecule has 0 aliphatic carbocycles. The summed E-state index contributed by atoms with van der Waals surface area (Å²) in [4.78, 5) is 45.4. The fraction of sp³-hybridized carbons (Fsp3) is 0.423. The van der Waals surface area contributed by atoms with E-state index in [2.05, 4.69) is 15.2 Å². The van der Waals surface area contributed by atoms with E-state index in [0.29, 0.717) is 41.7 Å². The van der Waals surface area contributed by atoms with Crippen LogP contribution < -0.4 is 16.8 Å². The molecule has 11 heteroatoms. The Kier molecular flexibility index (Phi) is 5.68. The third-order valence-corrected chi connectivity index (χ3v) is 7.93. The number of anilines is 1. The second kappa shape index (κ2) is 8.93. The highest BCUT2D eigenvalue weighted by Crippen LogP contribution is 2.34. The van der Waals surface area contributed by atoms with Crippen LogP contribution in [-0.4, -0.2) is 70.7 Å². The van der Waals surface area contributed by atoms with Crippen LogP contribution in [0, 0.1) is 17.2 Å². The zero-order chi connectivity index (χ0) is 25.8. The number of hydrogen-bond donors (Lipinski definition) is 4. The Hall–Kier alpha value is -3.83. The summed E-state index contributed by atoms with van der Waals surface area (Å²) in [6, 6.07) is 6.71. The van der Waals surface area contributed by atoms with Crippen molar-refractivity contribution in [1.82, 2.24) is 20.1 Å². The Morgan fingerprint density at radius 2 is 1.92 bits per heavy atom. The number of imide groups is 1. The second-order valence-corrected chi connectivity index (χ2v) is 10.4. The molecule has 0 bridgehead atoms. The summed E-state index contributed by atoms with van der Waals surface area (Å²) in [6.45, 7) is 4.36. The molecule has 0 radical (unpaired) electrons. The first kappa shape index (κ1) is 23.6. The Balaban J connectivity index is 1.29. The maximum absolute atomic E-state index is 13.1. The number of ether oxygens (including phenoxy) is 1. The maximum Gasteiger partial charge on any atom is 0.255 e. The van der Waals surface area contributed by atoms with Crippen molar-refractivity contribution in [3.8, 4) is 11.3 Å². The van der Waals surface area contributed by atoms with Gasteiger partial charge in [-0.15, -0.1) is 0 Å². The summed E-state index contributed by atoms with van der Waals surface area (Å²) in [7, 11) is 0. The number of amides is 3. The lowest BCUT2D eigenvalue weighted by Gasteiger charge is -2.29. The van der Waals surface area contributed by atoms with E-state index in [-0.39, 0.29) is 36.3 Å². The second-order valence-electron chi connectivity index (χ2n) is 10.4. The molecule has 0 spiro atoms. The van der Waals surface area contributed by atoms with Crippen LogP contribution in [-0.2, 0) is 27.4 Å². The first-order valence-corrected chi connectivity index (χ1v) is 12.5. The highest BCUT2D eigenvalue weighted by Gasteiger charge is 2.39. The van der Waals surface area contributed by atoms with E-state index in [1.54, 1.807) is 6.07 Å². The van der Waals surface area contributed by atoms with Crippen molar-refractivity contribution in [3.63, 3.8) is 0 Å². The number of nitrogens with zero attached hydrogens (tertiary/aromatic N) is 3. The van der Waals surface area contributed by atoms with Crippen LogP contribution >= 0.6 is 0 Å². The Labute approximate surface area is 213 Å². The molecule has 3 unspecified atom stereocenters. The van der Waals surface area contributed by atoms with Gasteiger partial charge in [-0.3, -0.25) is 30.0 Å². The molecule has 192 valence electrons. The van der Waals surface area contributed by atoms with Crippen molar-refractivity contribution < 1.29 is 19.1 Å². The molecule has 2 aromatic rings. The number of fused-ring (bicyclic) bond motifs is 2.